The lowest BCUT2D eigenvalue weighted by Gasteiger charge is -2.27. The maximum absolute atomic E-state index is 10.2. The van der Waals surface area contributed by atoms with Gasteiger partial charge in [-0.1, -0.05) is 12.1 Å². The molecule has 2 rings (SSSR count). The molecule has 1 aliphatic rings. The van der Waals surface area contributed by atoms with Crippen LogP contribution in [0.1, 0.15) is 37.3 Å². The van der Waals surface area contributed by atoms with E-state index in [1.54, 1.807) is 0 Å². The van der Waals surface area contributed by atoms with Crippen LogP contribution < -0.4 is 10.6 Å². The molecule has 0 bridgehead atoms. The second-order valence-corrected chi connectivity index (χ2v) is 5.72. The molecule has 4 heteroatoms. The zero-order valence-electron chi connectivity index (χ0n) is 11.7. The number of amidine groups is 1. The summed E-state index contributed by atoms with van der Waals surface area (Å²) in [6, 6.07) is 5.88. The van der Waals surface area contributed by atoms with Crippen molar-refractivity contribution in [3.63, 3.8) is 0 Å². The molecule has 19 heavy (non-hydrogen) atoms. The van der Waals surface area contributed by atoms with Crippen LogP contribution in [0.25, 0.3) is 0 Å². The number of nitrogens with one attached hydrogen (secondary N) is 1. The average molecular weight is 261 g/mol. The summed E-state index contributed by atoms with van der Waals surface area (Å²) in [5.74, 6) is 0.106. The van der Waals surface area contributed by atoms with Gasteiger partial charge in [-0.05, 0) is 44.7 Å². The van der Waals surface area contributed by atoms with Crippen LogP contribution in [0.4, 0.5) is 5.69 Å². The molecule has 1 fully saturated rings. The van der Waals surface area contributed by atoms with Crippen LogP contribution in [0.5, 0.6) is 0 Å². The summed E-state index contributed by atoms with van der Waals surface area (Å²) in [5, 5.41) is 17.9. The van der Waals surface area contributed by atoms with E-state index in [2.05, 4.69) is 4.90 Å². The lowest BCUT2D eigenvalue weighted by Crippen LogP contribution is -2.30. The molecular weight excluding hydrogens is 238 g/mol. The Morgan fingerprint density at radius 1 is 1.37 bits per heavy atom. The van der Waals surface area contributed by atoms with Crippen molar-refractivity contribution in [1.29, 1.82) is 5.41 Å². The summed E-state index contributed by atoms with van der Waals surface area (Å²) in [4.78, 5) is 2.26. The van der Waals surface area contributed by atoms with Crippen LogP contribution >= 0.6 is 0 Å². The first-order valence-electron chi connectivity index (χ1n) is 6.82. The Balaban J connectivity index is 2.33. The molecule has 0 aromatic heterocycles. The first-order valence-corrected chi connectivity index (χ1v) is 6.82. The summed E-state index contributed by atoms with van der Waals surface area (Å²) in [5.41, 5.74) is 8.09. The predicted octanol–water partition coefficient (Wildman–Crippen LogP) is 2.02. The molecule has 1 heterocycles. The van der Waals surface area contributed by atoms with Crippen molar-refractivity contribution in [3.05, 3.63) is 29.3 Å². The number of hydrogen-bond acceptors (Lipinski definition) is 3. The average Bonchev–Trinajstić information content (AvgIpc) is 2.50. The first kappa shape index (κ1) is 13.9. The quantitative estimate of drug-likeness (QED) is 0.563. The molecular formula is C15H23N3O. The van der Waals surface area contributed by atoms with Gasteiger partial charge in [-0.2, -0.15) is 0 Å². The monoisotopic (exact) mass is 261 g/mol. The van der Waals surface area contributed by atoms with Crippen LogP contribution in [-0.4, -0.2) is 29.6 Å². The molecule has 0 amide bonds. The minimum Gasteiger partial charge on any atom is -0.390 e. The number of anilines is 1. The van der Waals surface area contributed by atoms with Gasteiger partial charge in [0.2, 0.25) is 0 Å². The number of nitrogen functional groups attached to an aromatic ring is 1. The number of aliphatic hydroxyl groups is 1. The molecule has 1 unspecified atom stereocenters. The van der Waals surface area contributed by atoms with Crippen molar-refractivity contribution in [2.45, 2.75) is 38.7 Å². The van der Waals surface area contributed by atoms with E-state index in [0.29, 0.717) is 0 Å². The van der Waals surface area contributed by atoms with Crippen LogP contribution in [0.2, 0.25) is 0 Å². The highest BCUT2D eigenvalue weighted by atomic mass is 16.3. The minimum atomic E-state index is -0.576. The van der Waals surface area contributed by atoms with Gasteiger partial charge in [0.1, 0.15) is 5.84 Å². The van der Waals surface area contributed by atoms with Crippen molar-refractivity contribution < 1.29 is 5.11 Å². The predicted molar refractivity (Wildman–Crippen MR) is 78.9 cm³/mol. The Morgan fingerprint density at radius 2 is 2.11 bits per heavy atom. The lowest BCUT2D eigenvalue weighted by molar-refractivity contribution is 0.0481. The molecule has 1 aromatic rings. The van der Waals surface area contributed by atoms with Crippen LogP contribution in [-0.2, 0) is 0 Å². The number of benzene rings is 1. The number of rotatable bonds is 2. The molecule has 1 atom stereocenters. The fourth-order valence-corrected chi connectivity index (χ4v) is 2.78. The second kappa shape index (κ2) is 5.21. The summed E-state index contributed by atoms with van der Waals surface area (Å²) in [6.45, 7) is 5.66. The van der Waals surface area contributed by atoms with Crippen LogP contribution in [0.15, 0.2) is 18.2 Å². The molecule has 1 aliphatic heterocycles. The fraction of sp³-hybridized carbons (Fsp3) is 0.533. The summed E-state index contributed by atoms with van der Waals surface area (Å²) >= 11 is 0. The topological polar surface area (TPSA) is 73.3 Å². The van der Waals surface area contributed by atoms with Gasteiger partial charge in [0.15, 0.2) is 0 Å². The molecule has 104 valence electrons. The zero-order chi connectivity index (χ0) is 14.0. The van der Waals surface area contributed by atoms with Gasteiger partial charge in [0, 0.05) is 18.7 Å². The van der Waals surface area contributed by atoms with E-state index in [1.807, 2.05) is 32.0 Å². The van der Waals surface area contributed by atoms with E-state index in [9.17, 15) is 5.11 Å². The third-order valence-corrected chi connectivity index (χ3v) is 3.91. The molecule has 0 radical (unpaired) electrons. The van der Waals surface area contributed by atoms with Crippen molar-refractivity contribution in [2.24, 2.45) is 5.73 Å². The molecule has 0 saturated carbocycles. The van der Waals surface area contributed by atoms with Gasteiger partial charge in [0.25, 0.3) is 0 Å². The van der Waals surface area contributed by atoms with Crippen molar-refractivity contribution in [1.82, 2.24) is 0 Å². The second-order valence-electron chi connectivity index (χ2n) is 5.72. The number of nitrogens with two attached hydrogens (primary N) is 1. The first-order chi connectivity index (χ1) is 8.91. The smallest absolute Gasteiger partial charge is 0.124 e. The van der Waals surface area contributed by atoms with Gasteiger partial charge in [-0.25, -0.2) is 0 Å². The SMILES string of the molecule is Cc1cccc(C(=N)N)c1N1CCCC(C)(O)CC1. The molecule has 1 aromatic carbocycles. The molecule has 4 nitrogen and oxygen atoms in total. The van der Waals surface area contributed by atoms with Crippen molar-refractivity contribution in [2.75, 3.05) is 18.0 Å². The number of para-hydroxylation sites is 1. The van der Waals surface area contributed by atoms with E-state index in [1.165, 1.54) is 0 Å². The van der Waals surface area contributed by atoms with E-state index in [4.69, 9.17) is 11.1 Å². The van der Waals surface area contributed by atoms with E-state index < -0.39 is 5.60 Å². The summed E-state index contributed by atoms with van der Waals surface area (Å²) < 4.78 is 0. The lowest BCUT2D eigenvalue weighted by atomic mass is 9.98. The maximum atomic E-state index is 10.2. The number of aryl methyl sites for hydroxylation is 1. The Hall–Kier alpha value is -1.55. The van der Waals surface area contributed by atoms with Crippen molar-refractivity contribution in [3.8, 4) is 0 Å². The Bertz CT molecular complexity index is 482. The number of nitrogens with zero attached hydrogens (tertiary/aromatic N) is 1. The van der Waals surface area contributed by atoms with Crippen LogP contribution in [0, 0.1) is 12.3 Å². The third kappa shape index (κ3) is 3.07. The molecule has 0 aliphatic carbocycles. The van der Waals surface area contributed by atoms with E-state index in [-0.39, 0.29) is 5.84 Å². The Kier molecular flexibility index (Phi) is 3.80. The van der Waals surface area contributed by atoms with E-state index >= 15 is 0 Å². The van der Waals surface area contributed by atoms with Gasteiger partial charge in [-0.15, -0.1) is 0 Å². The Morgan fingerprint density at radius 3 is 2.79 bits per heavy atom. The third-order valence-electron chi connectivity index (χ3n) is 3.91. The molecule has 1 saturated heterocycles. The highest BCUT2D eigenvalue weighted by Gasteiger charge is 2.26. The minimum absolute atomic E-state index is 0.106. The largest absolute Gasteiger partial charge is 0.390 e. The fourth-order valence-electron chi connectivity index (χ4n) is 2.78. The zero-order valence-corrected chi connectivity index (χ0v) is 11.7. The van der Waals surface area contributed by atoms with Gasteiger partial charge in [-0.3, -0.25) is 5.41 Å². The summed E-state index contributed by atoms with van der Waals surface area (Å²) in [6.07, 6.45) is 2.53. The maximum Gasteiger partial charge on any atom is 0.124 e. The van der Waals surface area contributed by atoms with E-state index in [0.717, 1.165) is 49.2 Å². The highest BCUT2D eigenvalue weighted by Crippen LogP contribution is 2.30. The normalized spacial score (nSPS) is 24.1. The molecule has 0 spiro atoms. The van der Waals surface area contributed by atoms with Crippen molar-refractivity contribution >= 4 is 11.5 Å². The van der Waals surface area contributed by atoms with Gasteiger partial charge < -0.3 is 15.7 Å². The molecule has 4 N–H and O–H groups in total. The Labute approximate surface area is 114 Å². The van der Waals surface area contributed by atoms with Crippen LogP contribution in [0.3, 0.4) is 0 Å². The van der Waals surface area contributed by atoms with Gasteiger partial charge >= 0.3 is 0 Å². The summed E-state index contributed by atoms with van der Waals surface area (Å²) in [7, 11) is 0. The standard InChI is InChI=1S/C15H23N3O/c1-11-5-3-6-12(14(16)17)13(11)18-9-4-7-15(2,19)8-10-18/h3,5-6,19H,4,7-10H2,1-2H3,(H3,16,17). The van der Waals surface area contributed by atoms with Gasteiger partial charge in [0.05, 0.1) is 11.3 Å². The highest BCUT2D eigenvalue weighted by molar-refractivity contribution is 6.01. The number of hydrogen-bond donors (Lipinski definition) is 3.